The zero-order valence-electron chi connectivity index (χ0n) is 14.4. The summed E-state index contributed by atoms with van der Waals surface area (Å²) in [4.78, 5) is 20.9. The Balaban J connectivity index is 0. The van der Waals surface area contributed by atoms with Crippen LogP contribution in [0.5, 0.6) is 0 Å². The predicted molar refractivity (Wildman–Crippen MR) is 86.2 cm³/mol. The topological polar surface area (TPSA) is 75.7 Å². The van der Waals surface area contributed by atoms with E-state index >= 15 is 0 Å². The van der Waals surface area contributed by atoms with E-state index in [-0.39, 0.29) is 21.7 Å². The van der Waals surface area contributed by atoms with Crippen molar-refractivity contribution in [3.8, 4) is 0 Å². The summed E-state index contributed by atoms with van der Waals surface area (Å²) < 4.78 is 10.3. The zero-order valence-corrected chi connectivity index (χ0v) is 15.6. The summed E-state index contributed by atoms with van der Waals surface area (Å²) in [5.41, 5.74) is 0. The van der Waals surface area contributed by atoms with Gasteiger partial charge in [0.05, 0.1) is 0 Å². The number of aliphatic carboxylic acids is 1. The van der Waals surface area contributed by atoms with Crippen molar-refractivity contribution in [3.63, 3.8) is 0 Å². The molecule has 128 valence electrons. The summed E-state index contributed by atoms with van der Waals surface area (Å²) in [6.07, 6.45) is 7.46. The molecular formula is C16H31AlO5. The molecule has 0 fully saturated rings. The van der Waals surface area contributed by atoms with E-state index in [0.29, 0.717) is 6.42 Å². The van der Waals surface area contributed by atoms with Crippen molar-refractivity contribution in [2.45, 2.75) is 78.6 Å². The van der Waals surface area contributed by atoms with Gasteiger partial charge in [-0.1, -0.05) is 32.6 Å². The Hall–Kier alpha value is -0.408. The maximum absolute atomic E-state index is 10.9. The second kappa shape index (κ2) is 20.6. The van der Waals surface area contributed by atoms with Crippen molar-refractivity contribution in [3.05, 3.63) is 0 Å². The number of unbranched alkanes of at least 4 members (excludes halogenated alkanes) is 4. The first-order chi connectivity index (χ1) is 10.6. The van der Waals surface area contributed by atoms with Crippen molar-refractivity contribution in [1.82, 2.24) is 0 Å². The fraction of sp³-hybridized carbons (Fsp3) is 0.875. The van der Waals surface area contributed by atoms with Crippen LogP contribution in [0.2, 0.25) is 0 Å². The van der Waals surface area contributed by atoms with Gasteiger partial charge in [-0.05, 0) is 6.42 Å². The van der Waals surface area contributed by atoms with Crippen LogP contribution < -0.4 is 5.11 Å². The second-order valence-electron chi connectivity index (χ2n) is 5.09. The van der Waals surface area contributed by atoms with E-state index in [9.17, 15) is 14.7 Å². The van der Waals surface area contributed by atoms with Gasteiger partial charge in [0.2, 0.25) is 0 Å². The predicted octanol–water partition coefficient (Wildman–Crippen LogP) is 2.43. The van der Waals surface area contributed by atoms with Crippen molar-refractivity contribution >= 4 is 27.6 Å². The normalized spacial score (nSPS) is 9.59. The average molecular weight is 330 g/mol. The molecule has 0 aliphatic rings. The fourth-order valence-corrected chi connectivity index (χ4v) is 2.32. The molecular weight excluding hydrogens is 299 g/mol. The van der Waals surface area contributed by atoms with Crippen LogP contribution in [0.1, 0.15) is 78.6 Å². The number of rotatable bonds is 14. The van der Waals surface area contributed by atoms with E-state index in [1.165, 1.54) is 12.8 Å². The van der Waals surface area contributed by atoms with Gasteiger partial charge in [-0.2, -0.15) is 0 Å². The van der Waals surface area contributed by atoms with Crippen molar-refractivity contribution < 1.29 is 22.3 Å². The van der Waals surface area contributed by atoms with Crippen LogP contribution in [-0.4, -0.2) is 40.9 Å². The summed E-state index contributed by atoms with van der Waals surface area (Å²) in [6, 6.07) is 0. The van der Waals surface area contributed by atoms with Gasteiger partial charge in [0.15, 0.2) is 0 Å². The summed E-state index contributed by atoms with van der Waals surface area (Å²) >= 11 is -0.182. The van der Waals surface area contributed by atoms with E-state index in [2.05, 4.69) is 20.8 Å². The van der Waals surface area contributed by atoms with Gasteiger partial charge < -0.3 is 9.90 Å². The Morgan fingerprint density at radius 3 is 1.86 bits per heavy atom. The maximum atomic E-state index is 10.9. The molecule has 0 N–H and O–H groups in total. The standard InChI is InChI=1S/C10H18O3.2C3H7O.Al/c1-2-3-4-5-6-7-9(11)8-10(12)13;2*1-2-3-4;/h2-8H2,1H3,(H,12,13);2*2-3H2,1H3;/q;2*-1;+3/p-1. The Kier molecular flexibility index (Phi) is 22.3. The first kappa shape index (κ1) is 23.9. The van der Waals surface area contributed by atoms with Crippen LogP contribution in [0.3, 0.4) is 0 Å². The molecule has 0 rings (SSSR count). The Morgan fingerprint density at radius 2 is 1.41 bits per heavy atom. The SMILES string of the molecule is CCCCCCCC(=O)CC(=O)[O-].CCC[O][Al+][O]CCC. The summed E-state index contributed by atoms with van der Waals surface area (Å²) in [6.45, 7) is 8.01. The van der Waals surface area contributed by atoms with Crippen LogP contribution >= 0.6 is 0 Å². The molecule has 0 aliphatic carbocycles. The van der Waals surface area contributed by atoms with E-state index in [4.69, 9.17) is 7.58 Å². The molecule has 0 radical (unpaired) electrons. The zero-order chi connectivity index (χ0) is 17.1. The van der Waals surface area contributed by atoms with Gasteiger partial charge in [0.25, 0.3) is 0 Å². The molecule has 5 nitrogen and oxygen atoms in total. The molecule has 0 saturated carbocycles. The van der Waals surface area contributed by atoms with Crippen LogP contribution in [0.4, 0.5) is 0 Å². The molecule has 0 aliphatic heterocycles. The van der Waals surface area contributed by atoms with E-state index in [1.54, 1.807) is 0 Å². The van der Waals surface area contributed by atoms with Gasteiger partial charge in [0.1, 0.15) is 5.78 Å². The van der Waals surface area contributed by atoms with E-state index in [0.717, 1.165) is 45.3 Å². The monoisotopic (exact) mass is 330 g/mol. The number of carbonyl (C=O) groups excluding carboxylic acids is 2. The van der Waals surface area contributed by atoms with Crippen LogP contribution in [0.25, 0.3) is 0 Å². The molecule has 0 aromatic carbocycles. The molecule has 0 unspecified atom stereocenters. The minimum atomic E-state index is -1.27. The molecule has 0 aromatic rings. The molecule has 0 saturated heterocycles. The molecule has 0 amide bonds. The Morgan fingerprint density at radius 1 is 0.864 bits per heavy atom. The Labute approximate surface area is 142 Å². The quantitative estimate of drug-likeness (QED) is 0.278. The average Bonchev–Trinajstić information content (AvgIpc) is 2.47. The molecule has 0 atom stereocenters. The van der Waals surface area contributed by atoms with Crippen molar-refractivity contribution in [2.24, 2.45) is 0 Å². The number of Topliss-reactive ketones (excluding diaryl/α,β-unsaturated/α-hetero) is 1. The summed E-state index contributed by atoms with van der Waals surface area (Å²) in [7, 11) is 0. The van der Waals surface area contributed by atoms with Crippen LogP contribution in [0, 0.1) is 0 Å². The van der Waals surface area contributed by atoms with Crippen LogP contribution in [0.15, 0.2) is 0 Å². The molecule has 0 heterocycles. The van der Waals surface area contributed by atoms with Gasteiger partial charge in [-0.15, -0.1) is 0 Å². The molecule has 0 spiro atoms. The van der Waals surface area contributed by atoms with E-state index < -0.39 is 12.4 Å². The minimum absolute atomic E-state index is 0.182. The van der Waals surface area contributed by atoms with Gasteiger partial charge in [0, 0.05) is 18.8 Å². The number of hydrogen-bond acceptors (Lipinski definition) is 5. The number of hydrogen-bond donors (Lipinski definition) is 0. The first-order valence-corrected chi connectivity index (χ1v) is 9.29. The third-order valence-corrected chi connectivity index (χ3v) is 3.42. The molecule has 6 heteroatoms. The summed E-state index contributed by atoms with van der Waals surface area (Å²) in [5.74, 6) is -1.48. The molecule has 0 bridgehead atoms. The first-order valence-electron chi connectivity index (χ1n) is 8.34. The van der Waals surface area contributed by atoms with E-state index in [1.807, 2.05) is 0 Å². The van der Waals surface area contributed by atoms with Gasteiger partial charge in [-0.3, -0.25) is 4.79 Å². The third kappa shape index (κ3) is 24.6. The van der Waals surface area contributed by atoms with Crippen molar-refractivity contribution in [2.75, 3.05) is 13.2 Å². The van der Waals surface area contributed by atoms with Crippen LogP contribution in [-0.2, 0) is 17.2 Å². The number of carboxylic acid groups (broad SMARTS) is 1. The summed E-state index contributed by atoms with van der Waals surface area (Å²) in [5, 5.41) is 10.0. The van der Waals surface area contributed by atoms with Gasteiger partial charge in [-0.25, -0.2) is 0 Å². The number of carbonyl (C=O) groups is 2. The number of carboxylic acids is 1. The van der Waals surface area contributed by atoms with Gasteiger partial charge >= 0.3 is 63.4 Å². The Bertz CT molecular complexity index is 253. The molecule has 0 aromatic heterocycles. The second-order valence-corrected chi connectivity index (χ2v) is 5.95. The fourth-order valence-electron chi connectivity index (χ4n) is 1.56. The number of ketones is 1. The molecule has 22 heavy (non-hydrogen) atoms. The van der Waals surface area contributed by atoms with Crippen molar-refractivity contribution in [1.29, 1.82) is 0 Å². The third-order valence-electron chi connectivity index (χ3n) is 2.68.